The van der Waals surface area contributed by atoms with Crippen molar-refractivity contribution in [3.63, 3.8) is 0 Å². The molecule has 1 aliphatic heterocycles. The average molecular weight is 615 g/mol. The van der Waals surface area contributed by atoms with Gasteiger partial charge in [-0.3, -0.25) is 9.36 Å². The fraction of sp³-hybridized carbons (Fsp3) is 0.296. The van der Waals surface area contributed by atoms with Crippen LogP contribution in [0.5, 0.6) is 11.5 Å². The van der Waals surface area contributed by atoms with Crippen LogP contribution in [0.4, 0.5) is 13.2 Å². The Bertz CT molecular complexity index is 1660. The van der Waals surface area contributed by atoms with Crippen molar-refractivity contribution in [2.24, 2.45) is 4.99 Å². The molecule has 4 rings (SSSR count). The highest BCUT2D eigenvalue weighted by Crippen LogP contribution is 2.39. The number of ether oxygens (including phenoxy) is 3. The number of fused-ring (bicyclic) bond motifs is 1. The largest absolute Gasteiger partial charge is 0.493 e. The van der Waals surface area contributed by atoms with Gasteiger partial charge >= 0.3 is 12.1 Å². The highest BCUT2D eigenvalue weighted by atomic mass is 35.5. The maximum absolute atomic E-state index is 14.2. The van der Waals surface area contributed by atoms with Crippen molar-refractivity contribution in [2.45, 2.75) is 39.1 Å². The molecule has 0 amide bonds. The summed E-state index contributed by atoms with van der Waals surface area (Å²) in [5, 5.41) is 0.541. The van der Waals surface area contributed by atoms with Crippen LogP contribution in [0.1, 0.15) is 37.9 Å². The number of nitrogens with zero attached hydrogens (tertiary/aromatic N) is 2. The SMILES string of the molecule is CCOC(=O)C1=C(C(F)(F)F)N=c2s/c(=C\c3cc(Cl)c(OC(C)C)c(OC)c3)c(=O)n2[C@H]1c1ccc(Cl)cc1. The Morgan fingerprint density at radius 3 is 2.45 bits per heavy atom. The Kier molecular flexibility index (Phi) is 8.67. The first kappa shape index (κ1) is 29.7. The van der Waals surface area contributed by atoms with Crippen LogP contribution in [0.25, 0.3) is 6.08 Å². The van der Waals surface area contributed by atoms with E-state index in [4.69, 9.17) is 37.4 Å². The first-order chi connectivity index (χ1) is 18.8. The van der Waals surface area contributed by atoms with E-state index in [1.165, 1.54) is 44.4 Å². The molecule has 40 heavy (non-hydrogen) atoms. The van der Waals surface area contributed by atoms with Gasteiger partial charge in [0.2, 0.25) is 0 Å². The molecule has 2 heterocycles. The number of methoxy groups -OCH3 is 1. The minimum absolute atomic E-state index is 0.0556. The predicted molar refractivity (Wildman–Crippen MR) is 146 cm³/mol. The molecule has 0 spiro atoms. The van der Waals surface area contributed by atoms with Crippen LogP contribution in [0.2, 0.25) is 10.0 Å². The smallest absolute Gasteiger partial charge is 0.434 e. The molecule has 0 N–H and O–H groups in total. The Labute approximate surface area is 240 Å². The third kappa shape index (κ3) is 5.91. The number of hydrogen-bond acceptors (Lipinski definition) is 7. The van der Waals surface area contributed by atoms with E-state index in [1.54, 1.807) is 12.1 Å². The number of benzene rings is 2. The summed E-state index contributed by atoms with van der Waals surface area (Å²) in [7, 11) is 1.43. The molecule has 0 aliphatic carbocycles. The van der Waals surface area contributed by atoms with Crippen LogP contribution < -0.4 is 24.4 Å². The predicted octanol–water partition coefficient (Wildman–Crippen LogP) is 5.44. The zero-order valence-corrected chi connectivity index (χ0v) is 24.0. The van der Waals surface area contributed by atoms with Gasteiger partial charge in [-0.15, -0.1) is 0 Å². The van der Waals surface area contributed by atoms with Crippen LogP contribution in [-0.2, 0) is 9.53 Å². The van der Waals surface area contributed by atoms with Gasteiger partial charge in [0.1, 0.15) is 0 Å². The molecule has 1 atom stereocenters. The molecule has 212 valence electrons. The third-order valence-electron chi connectivity index (χ3n) is 5.68. The number of thiazole rings is 1. The molecular formula is C27H23Cl2F3N2O5S. The molecule has 1 aliphatic rings. The van der Waals surface area contributed by atoms with E-state index < -0.39 is 35.0 Å². The highest BCUT2D eigenvalue weighted by Gasteiger charge is 2.45. The van der Waals surface area contributed by atoms with Gasteiger partial charge in [0, 0.05) is 5.02 Å². The number of halogens is 5. The number of rotatable bonds is 7. The lowest BCUT2D eigenvalue weighted by Gasteiger charge is -2.26. The molecule has 0 bridgehead atoms. The number of carbonyl (C=O) groups excluding carboxylic acids is 1. The summed E-state index contributed by atoms with van der Waals surface area (Å²) in [5.41, 5.74) is -2.23. The Morgan fingerprint density at radius 2 is 1.88 bits per heavy atom. The molecular weight excluding hydrogens is 592 g/mol. The van der Waals surface area contributed by atoms with E-state index in [-0.39, 0.29) is 32.6 Å². The standard InChI is InChI=1S/C27H23Cl2F3N2O5S/c1-5-38-25(36)20-21(15-6-8-16(28)9-7-15)34-24(35)19(40-26(34)33-23(20)27(30,31)32)12-14-10-17(29)22(39-13(2)3)18(11-14)37-4/h6-13,21H,5H2,1-4H3/b19-12-/t21-/m0/s1. The highest BCUT2D eigenvalue weighted by molar-refractivity contribution is 7.07. The number of alkyl halides is 3. The number of aromatic nitrogens is 1. The van der Waals surface area contributed by atoms with Gasteiger partial charge in [0.15, 0.2) is 22.0 Å². The Morgan fingerprint density at radius 1 is 1.20 bits per heavy atom. The van der Waals surface area contributed by atoms with Crippen LogP contribution in [0.15, 0.2) is 57.5 Å². The zero-order chi connectivity index (χ0) is 29.4. The van der Waals surface area contributed by atoms with Crippen molar-refractivity contribution >= 4 is 46.6 Å². The molecule has 2 aromatic carbocycles. The lowest BCUT2D eigenvalue weighted by atomic mass is 9.95. The summed E-state index contributed by atoms with van der Waals surface area (Å²) in [4.78, 5) is 30.1. The quantitative estimate of drug-likeness (QED) is 0.331. The van der Waals surface area contributed by atoms with E-state index in [2.05, 4.69) is 4.99 Å². The minimum Gasteiger partial charge on any atom is -0.493 e. The van der Waals surface area contributed by atoms with E-state index in [1.807, 2.05) is 13.8 Å². The van der Waals surface area contributed by atoms with E-state index >= 15 is 0 Å². The van der Waals surface area contributed by atoms with Crippen molar-refractivity contribution in [3.05, 3.63) is 88.5 Å². The van der Waals surface area contributed by atoms with Gasteiger partial charge in [-0.05, 0) is 62.2 Å². The van der Waals surface area contributed by atoms with E-state index in [0.717, 1.165) is 15.9 Å². The second-order valence-electron chi connectivity index (χ2n) is 8.82. The molecule has 13 heteroatoms. The van der Waals surface area contributed by atoms with Gasteiger partial charge in [-0.25, -0.2) is 9.79 Å². The second-order valence-corrected chi connectivity index (χ2v) is 10.7. The summed E-state index contributed by atoms with van der Waals surface area (Å²) in [6.45, 7) is 4.93. The van der Waals surface area contributed by atoms with Crippen molar-refractivity contribution in [1.29, 1.82) is 0 Å². The average Bonchev–Trinajstić information content (AvgIpc) is 3.19. The lowest BCUT2D eigenvalue weighted by Crippen LogP contribution is -2.41. The number of allylic oxidation sites excluding steroid dienone is 1. The second kappa shape index (κ2) is 11.7. The minimum atomic E-state index is -5.00. The monoisotopic (exact) mass is 614 g/mol. The van der Waals surface area contributed by atoms with Gasteiger partial charge in [0.25, 0.3) is 5.56 Å². The molecule has 3 aromatic rings. The van der Waals surface area contributed by atoms with E-state index in [9.17, 15) is 22.8 Å². The summed E-state index contributed by atoms with van der Waals surface area (Å²) >= 11 is 13.2. The zero-order valence-electron chi connectivity index (χ0n) is 21.6. The van der Waals surface area contributed by atoms with Crippen molar-refractivity contribution in [2.75, 3.05) is 13.7 Å². The number of carbonyl (C=O) groups is 1. The van der Waals surface area contributed by atoms with Crippen molar-refractivity contribution < 1.29 is 32.2 Å². The molecule has 0 saturated heterocycles. The van der Waals surface area contributed by atoms with Gasteiger partial charge in [-0.2, -0.15) is 13.2 Å². The molecule has 0 saturated carbocycles. The lowest BCUT2D eigenvalue weighted by molar-refractivity contribution is -0.140. The molecule has 0 fully saturated rings. The summed E-state index contributed by atoms with van der Waals surface area (Å²) in [6.07, 6.45) is -3.74. The van der Waals surface area contributed by atoms with Crippen LogP contribution >= 0.6 is 34.5 Å². The topological polar surface area (TPSA) is 79.1 Å². The molecule has 1 aromatic heterocycles. The fourth-order valence-corrected chi connectivity index (χ4v) is 5.52. The first-order valence-corrected chi connectivity index (χ1v) is 13.5. The number of hydrogen-bond donors (Lipinski definition) is 0. The first-order valence-electron chi connectivity index (χ1n) is 12.0. The third-order valence-corrected chi connectivity index (χ3v) is 7.20. The summed E-state index contributed by atoms with van der Waals surface area (Å²) in [5.74, 6) is -0.609. The molecule has 0 radical (unpaired) electrons. The van der Waals surface area contributed by atoms with E-state index in [0.29, 0.717) is 22.1 Å². The Balaban J connectivity index is 2.00. The van der Waals surface area contributed by atoms with Crippen molar-refractivity contribution in [3.8, 4) is 11.5 Å². The normalized spacial score (nSPS) is 15.7. The molecule has 0 unspecified atom stereocenters. The van der Waals surface area contributed by atoms with Gasteiger partial charge < -0.3 is 14.2 Å². The summed E-state index contributed by atoms with van der Waals surface area (Å²) < 4.78 is 59.9. The van der Waals surface area contributed by atoms with Gasteiger partial charge in [-0.1, -0.05) is 46.7 Å². The number of esters is 1. The van der Waals surface area contributed by atoms with Crippen molar-refractivity contribution in [1.82, 2.24) is 4.57 Å². The maximum atomic E-state index is 14.2. The van der Waals surface area contributed by atoms with Crippen LogP contribution in [-0.4, -0.2) is 36.5 Å². The summed E-state index contributed by atoms with van der Waals surface area (Å²) in [6, 6.07) is 7.47. The fourth-order valence-electron chi connectivity index (χ4n) is 4.13. The molecule has 7 nitrogen and oxygen atoms in total. The maximum Gasteiger partial charge on any atom is 0.434 e. The van der Waals surface area contributed by atoms with Gasteiger partial charge in [0.05, 0.1) is 41.0 Å². The Hall–Kier alpha value is -3.28. The van der Waals surface area contributed by atoms with Crippen LogP contribution in [0.3, 0.4) is 0 Å². The van der Waals surface area contributed by atoms with Crippen LogP contribution in [0, 0.1) is 0 Å².